The van der Waals surface area contributed by atoms with Crippen molar-refractivity contribution in [3.63, 3.8) is 0 Å². The molecule has 1 aliphatic rings. The van der Waals surface area contributed by atoms with Crippen LogP contribution in [0.5, 0.6) is 0 Å². The van der Waals surface area contributed by atoms with Gasteiger partial charge >= 0.3 is 0 Å². The van der Waals surface area contributed by atoms with Crippen LogP contribution >= 0.6 is 0 Å². The molecule has 0 spiro atoms. The summed E-state index contributed by atoms with van der Waals surface area (Å²) in [7, 11) is 3.59. The minimum Gasteiger partial charge on any atom is -0.350 e. The lowest BCUT2D eigenvalue weighted by Gasteiger charge is -2.37. The SMILES string of the molecule is Cc1nc(NCc2ccc(NC(=O)c3ccc(F)cc3)cc2)nc2c1N(C)C(=O)[C@@H](C)N2C. The number of fused-ring (bicyclic) bond motifs is 1. The van der Waals surface area contributed by atoms with E-state index in [1.165, 1.54) is 24.3 Å². The molecule has 3 aromatic rings. The lowest BCUT2D eigenvalue weighted by atomic mass is 10.1. The van der Waals surface area contributed by atoms with Gasteiger partial charge in [0.15, 0.2) is 5.82 Å². The monoisotopic (exact) mass is 448 g/mol. The topological polar surface area (TPSA) is 90.5 Å². The zero-order valence-electron chi connectivity index (χ0n) is 18.9. The second-order valence-corrected chi connectivity index (χ2v) is 8.00. The average molecular weight is 449 g/mol. The second-order valence-electron chi connectivity index (χ2n) is 8.00. The fourth-order valence-corrected chi connectivity index (χ4v) is 3.70. The molecule has 0 saturated carbocycles. The van der Waals surface area contributed by atoms with Gasteiger partial charge in [0, 0.05) is 31.9 Å². The Balaban J connectivity index is 1.42. The van der Waals surface area contributed by atoms with Gasteiger partial charge in [-0.15, -0.1) is 0 Å². The van der Waals surface area contributed by atoms with E-state index in [0.717, 1.165) is 11.3 Å². The molecule has 8 nitrogen and oxygen atoms in total. The molecule has 33 heavy (non-hydrogen) atoms. The third-order valence-corrected chi connectivity index (χ3v) is 5.75. The number of aromatic nitrogens is 2. The molecular formula is C24H25FN6O2. The summed E-state index contributed by atoms with van der Waals surface area (Å²) in [4.78, 5) is 37.3. The molecule has 2 amide bonds. The van der Waals surface area contributed by atoms with E-state index in [2.05, 4.69) is 20.6 Å². The molecule has 0 fully saturated rings. The van der Waals surface area contributed by atoms with E-state index in [9.17, 15) is 14.0 Å². The molecule has 1 aliphatic heterocycles. The molecule has 0 unspecified atom stereocenters. The number of aryl methyl sites for hydroxylation is 1. The summed E-state index contributed by atoms with van der Waals surface area (Å²) in [5.41, 5.74) is 3.43. The summed E-state index contributed by atoms with van der Waals surface area (Å²) in [5.74, 6) is 0.494. The second kappa shape index (κ2) is 8.85. The summed E-state index contributed by atoms with van der Waals surface area (Å²) in [5, 5.41) is 6.02. The summed E-state index contributed by atoms with van der Waals surface area (Å²) >= 11 is 0. The van der Waals surface area contributed by atoms with Crippen molar-refractivity contribution in [1.82, 2.24) is 9.97 Å². The molecule has 0 radical (unpaired) electrons. The van der Waals surface area contributed by atoms with Gasteiger partial charge in [0.2, 0.25) is 11.9 Å². The van der Waals surface area contributed by atoms with Gasteiger partial charge in [0.1, 0.15) is 17.5 Å². The number of amides is 2. The average Bonchev–Trinajstić information content (AvgIpc) is 2.81. The van der Waals surface area contributed by atoms with E-state index in [0.29, 0.717) is 35.2 Å². The van der Waals surface area contributed by atoms with Crippen molar-refractivity contribution in [2.75, 3.05) is 34.5 Å². The minimum atomic E-state index is -0.386. The number of halogens is 1. The number of carbonyl (C=O) groups excluding carboxylic acids is 2. The van der Waals surface area contributed by atoms with Crippen molar-refractivity contribution < 1.29 is 14.0 Å². The fourth-order valence-electron chi connectivity index (χ4n) is 3.70. The van der Waals surface area contributed by atoms with Crippen LogP contribution in [0.2, 0.25) is 0 Å². The van der Waals surface area contributed by atoms with E-state index < -0.39 is 0 Å². The van der Waals surface area contributed by atoms with Crippen LogP contribution in [-0.2, 0) is 11.3 Å². The van der Waals surface area contributed by atoms with Crippen LogP contribution in [0.4, 0.5) is 27.5 Å². The first kappa shape index (κ1) is 22.2. The van der Waals surface area contributed by atoms with Crippen LogP contribution in [0.25, 0.3) is 0 Å². The van der Waals surface area contributed by atoms with Crippen molar-refractivity contribution in [3.8, 4) is 0 Å². The molecule has 4 rings (SSSR count). The van der Waals surface area contributed by atoms with E-state index >= 15 is 0 Å². The predicted octanol–water partition coefficient (Wildman–Crippen LogP) is 3.59. The van der Waals surface area contributed by atoms with E-state index in [-0.39, 0.29) is 23.7 Å². The molecule has 0 bridgehead atoms. The Bertz CT molecular complexity index is 1200. The summed E-state index contributed by atoms with van der Waals surface area (Å²) in [6.07, 6.45) is 0. The molecule has 2 heterocycles. The predicted molar refractivity (Wildman–Crippen MR) is 126 cm³/mol. The highest BCUT2D eigenvalue weighted by Gasteiger charge is 2.34. The summed E-state index contributed by atoms with van der Waals surface area (Å²) < 4.78 is 13.0. The van der Waals surface area contributed by atoms with Gasteiger partial charge in [-0.05, 0) is 55.8 Å². The maximum absolute atomic E-state index is 13.0. The molecule has 0 saturated heterocycles. The number of benzene rings is 2. The van der Waals surface area contributed by atoms with E-state index in [4.69, 9.17) is 0 Å². The van der Waals surface area contributed by atoms with Gasteiger partial charge in [-0.1, -0.05) is 12.1 Å². The Hall–Kier alpha value is -4.01. The number of hydrogen-bond donors (Lipinski definition) is 2. The van der Waals surface area contributed by atoms with Gasteiger partial charge in [-0.3, -0.25) is 9.59 Å². The lowest BCUT2D eigenvalue weighted by molar-refractivity contribution is -0.119. The first-order valence-corrected chi connectivity index (χ1v) is 10.5. The quantitative estimate of drug-likeness (QED) is 0.620. The molecule has 170 valence electrons. The first-order chi connectivity index (χ1) is 15.7. The van der Waals surface area contributed by atoms with E-state index in [1.54, 1.807) is 24.1 Å². The van der Waals surface area contributed by atoms with Gasteiger partial charge in [-0.2, -0.15) is 4.98 Å². The highest BCUT2D eigenvalue weighted by molar-refractivity contribution is 6.05. The van der Waals surface area contributed by atoms with Gasteiger partial charge < -0.3 is 20.4 Å². The van der Waals surface area contributed by atoms with Crippen molar-refractivity contribution in [3.05, 3.63) is 71.2 Å². The number of nitrogens with zero attached hydrogens (tertiary/aromatic N) is 4. The Morgan fingerprint density at radius 2 is 1.73 bits per heavy atom. The van der Waals surface area contributed by atoms with Crippen molar-refractivity contribution >= 4 is 35.0 Å². The summed E-state index contributed by atoms with van der Waals surface area (Å²) in [6.45, 7) is 4.19. The number of carbonyl (C=O) groups is 2. The van der Waals surface area contributed by atoms with Gasteiger partial charge in [-0.25, -0.2) is 9.37 Å². The maximum Gasteiger partial charge on any atom is 0.255 e. The van der Waals surface area contributed by atoms with Crippen LogP contribution in [-0.4, -0.2) is 41.9 Å². The van der Waals surface area contributed by atoms with Crippen LogP contribution in [0, 0.1) is 12.7 Å². The number of likely N-dealkylation sites (N-methyl/N-ethyl adjacent to an activating group) is 2. The van der Waals surface area contributed by atoms with Crippen molar-refractivity contribution in [1.29, 1.82) is 0 Å². The number of anilines is 4. The number of nitrogens with one attached hydrogen (secondary N) is 2. The molecule has 1 aromatic heterocycles. The molecule has 2 N–H and O–H groups in total. The third-order valence-electron chi connectivity index (χ3n) is 5.75. The molecule has 2 aromatic carbocycles. The Labute approximate surface area is 191 Å². The molecule has 9 heteroatoms. The van der Waals surface area contributed by atoms with Gasteiger partial charge in [0.25, 0.3) is 5.91 Å². The van der Waals surface area contributed by atoms with Crippen LogP contribution in [0.3, 0.4) is 0 Å². The Kier molecular flexibility index (Phi) is 5.95. The molecule has 1 atom stereocenters. The third kappa shape index (κ3) is 4.48. The highest BCUT2D eigenvalue weighted by atomic mass is 19.1. The highest BCUT2D eigenvalue weighted by Crippen LogP contribution is 2.35. The van der Waals surface area contributed by atoms with E-state index in [1.807, 2.05) is 37.9 Å². The lowest BCUT2D eigenvalue weighted by Crippen LogP contribution is -2.49. The normalized spacial score (nSPS) is 15.3. The zero-order valence-corrected chi connectivity index (χ0v) is 18.9. The maximum atomic E-state index is 13.0. The van der Waals surface area contributed by atoms with Crippen LogP contribution < -0.4 is 20.4 Å². The zero-order chi connectivity index (χ0) is 23.7. The molecular weight excluding hydrogens is 423 g/mol. The number of rotatable bonds is 5. The first-order valence-electron chi connectivity index (χ1n) is 10.5. The standard InChI is InChI=1S/C24H25FN6O2/c1-14-20-21(30(3)15(2)23(33)31(20)4)29-24(27-14)26-13-16-5-11-19(12-6-16)28-22(32)17-7-9-18(25)10-8-17/h5-12,15H,13H2,1-4H3,(H,28,32)(H,26,27,29)/t15-/m1/s1. The smallest absolute Gasteiger partial charge is 0.255 e. The minimum absolute atomic E-state index is 0.00372. The summed E-state index contributed by atoms with van der Waals surface area (Å²) in [6, 6.07) is 12.5. The van der Waals surface area contributed by atoms with Gasteiger partial charge in [0.05, 0.1) is 5.69 Å². The largest absolute Gasteiger partial charge is 0.350 e. The van der Waals surface area contributed by atoms with Crippen molar-refractivity contribution in [2.24, 2.45) is 0 Å². The molecule has 0 aliphatic carbocycles. The van der Waals surface area contributed by atoms with Crippen molar-refractivity contribution in [2.45, 2.75) is 26.4 Å². The number of hydrogen-bond acceptors (Lipinski definition) is 6. The van der Waals surface area contributed by atoms with Crippen LogP contribution in [0.15, 0.2) is 48.5 Å². The Morgan fingerprint density at radius 3 is 2.39 bits per heavy atom. The van der Waals surface area contributed by atoms with Crippen LogP contribution in [0.1, 0.15) is 28.5 Å². The Morgan fingerprint density at radius 1 is 1.06 bits per heavy atom. The fraction of sp³-hybridized carbons (Fsp3) is 0.250.